The van der Waals surface area contributed by atoms with Gasteiger partial charge in [-0.2, -0.15) is 13.2 Å². The van der Waals surface area contributed by atoms with E-state index in [1.54, 1.807) is 29.1 Å². The molecule has 6 nitrogen and oxygen atoms in total. The van der Waals surface area contributed by atoms with E-state index in [-0.39, 0.29) is 10.8 Å². The summed E-state index contributed by atoms with van der Waals surface area (Å²) in [6.07, 6.45) is -0.380. The predicted octanol–water partition coefficient (Wildman–Crippen LogP) is 4.49. The molecule has 0 N–H and O–H groups in total. The second kappa shape index (κ2) is 7.18. The number of hydrogen-bond donors (Lipinski definition) is 0. The third-order valence-electron chi connectivity index (χ3n) is 4.57. The summed E-state index contributed by atoms with van der Waals surface area (Å²) in [6.45, 7) is 1.99. The van der Waals surface area contributed by atoms with E-state index in [9.17, 15) is 18.0 Å². The van der Waals surface area contributed by atoms with Gasteiger partial charge in [-0.25, -0.2) is 9.37 Å². The predicted molar refractivity (Wildman–Crippen MR) is 104 cm³/mol. The van der Waals surface area contributed by atoms with Gasteiger partial charge in [0.1, 0.15) is 0 Å². The van der Waals surface area contributed by atoms with Gasteiger partial charge in [0.15, 0.2) is 0 Å². The van der Waals surface area contributed by atoms with Crippen molar-refractivity contribution in [1.82, 2.24) is 8.97 Å². The van der Waals surface area contributed by atoms with Gasteiger partial charge in [0.2, 0.25) is 0 Å². The first-order valence-corrected chi connectivity index (χ1v) is 9.54. The largest absolute Gasteiger partial charge is 0.418 e. The Morgan fingerprint density at radius 2 is 2.00 bits per heavy atom. The van der Waals surface area contributed by atoms with E-state index in [1.807, 2.05) is 20.0 Å². The first-order chi connectivity index (χ1) is 13.8. The first-order valence-electron chi connectivity index (χ1n) is 8.66. The van der Waals surface area contributed by atoms with Crippen molar-refractivity contribution in [3.8, 4) is 5.69 Å². The molecule has 0 unspecified atom stereocenters. The summed E-state index contributed by atoms with van der Waals surface area (Å²) in [5, 5.41) is 7.89. The summed E-state index contributed by atoms with van der Waals surface area (Å²) < 4.78 is 43.9. The molecule has 2 aromatic heterocycles. The van der Waals surface area contributed by atoms with E-state index < -0.39 is 17.4 Å². The molecule has 1 atom stereocenters. The number of hydrogen-bond acceptors (Lipinski definition) is 4. The Labute approximate surface area is 168 Å². The molecule has 1 aliphatic heterocycles. The number of aromatic nitrogens is 2. The zero-order chi connectivity index (χ0) is 20.8. The first kappa shape index (κ1) is 19.4. The number of fused-ring (bicyclic) bond motifs is 1. The maximum Gasteiger partial charge on any atom is 0.418 e. The fourth-order valence-corrected chi connectivity index (χ4v) is 3.98. The highest BCUT2D eigenvalue weighted by molar-refractivity contribution is 8.02. The van der Waals surface area contributed by atoms with Gasteiger partial charge >= 0.3 is 23.7 Å². The van der Waals surface area contributed by atoms with Crippen molar-refractivity contribution in [2.24, 2.45) is 10.2 Å². The Balaban J connectivity index is 1.73. The number of nitrogens with zero attached hydrogens (tertiary/aromatic N) is 5. The van der Waals surface area contributed by atoms with Crippen LogP contribution in [-0.4, -0.2) is 26.9 Å². The number of azo groups is 1. The lowest BCUT2D eigenvalue weighted by Crippen LogP contribution is -2.19. The van der Waals surface area contributed by atoms with Crippen molar-refractivity contribution in [3.63, 3.8) is 0 Å². The van der Waals surface area contributed by atoms with Gasteiger partial charge in [-0.05, 0) is 41.9 Å². The van der Waals surface area contributed by atoms with Crippen molar-refractivity contribution in [3.05, 3.63) is 75.9 Å². The second-order valence-electron chi connectivity index (χ2n) is 6.54. The fourth-order valence-electron chi connectivity index (χ4n) is 3.07. The van der Waals surface area contributed by atoms with Crippen molar-refractivity contribution in [1.29, 1.82) is 0 Å². The molecule has 29 heavy (non-hydrogen) atoms. The molecule has 0 amide bonds. The number of thioether (sulfide) groups is 1. The summed E-state index contributed by atoms with van der Waals surface area (Å²) in [5.41, 5.74) is 0.555. The van der Waals surface area contributed by atoms with Gasteiger partial charge in [0.05, 0.1) is 28.9 Å². The quantitative estimate of drug-likeness (QED) is 0.586. The van der Waals surface area contributed by atoms with Crippen LogP contribution >= 0.6 is 11.8 Å². The standard InChI is InChI=1S/C19H16F3N5OS/c1-12(29-17-24-23-11-25(17)2)13-5-3-6-14(9-13)27-10-16-15(19(20,21)22)7-4-8-26(16)18(27)28/h3-12H,1-2H3/q+1/t12-/m0/s1. The van der Waals surface area contributed by atoms with E-state index in [0.717, 1.165) is 21.5 Å². The van der Waals surface area contributed by atoms with Crippen LogP contribution in [0.5, 0.6) is 0 Å². The van der Waals surface area contributed by atoms with E-state index in [2.05, 4.69) is 10.2 Å². The molecule has 0 saturated heterocycles. The number of alkyl halides is 3. The van der Waals surface area contributed by atoms with E-state index >= 15 is 0 Å². The van der Waals surface area contributed by atoms with Crippen LogP contribution in [0.2, 0.25) is 0 Å². The monoisotopic (exact) mass is 419 g/mol. The zero-order valence-electron chi connectivity index (χ0n) is 15.5. The maximum atomic E-state index is 13.3. The lowest BCUT2D eigenvalue weighted by atomic mass is 10.1. The van der Waals surface area contributed by atoms with Crippen LogP contribution in [0.25, 0.3) is 11.2 Å². The van der Waals surface area contributed by atoms with Crippen molar-refractivity contribution < 1.29 is 17.7 Å². The van der Waals surface area contributed by atoms with Gasteiger partial charge in [0.25, 0.3) is 0 Å². The molecule has 0 bridgehead atoms. The highest BCUT2D eigenvalue weighted by Crippen LogP contribution is 2.38. The fraction of sp³-hybridized carbons (Fsp3) is 0.211. The molecule has 0 aliphatic carbocycles. The number of imidazole rings is 1. The number of pyridine rings is 1. The smallest absolute Gasteiger partial charge is 0.267 e. The molecule has 3 aromatic rings. The van der Waals surface area contributed by atoms with Gasteiger partial charge in [-0.15, -0.1) is 0 Å². The van der Waals surface area contributed by atoms with Crippen molar-refractivity contribution >= 4 is 23.6 Å². The highest BCUT2D eigenvalue weighted by Gasteiger charge is 2.33. The van der Waals surface area contributed by atoms with E-state index in [0.29, 0.717) is 5.69 Å². The topological polar surface area (TPSA) is 54.1 Å². The van der Waals surface area contributed by atoms with Gasteiger partial charge < -0.3 is 0 Å². The molecule has 4 rings (SSSR count). The molecule has 0 fully saturated rings. The van der Waals surface area contributed by atoms with Crippen LogP contribution in [-0.2, 0) is 6.18 Å². The van der Waals surface area contributed by atoms with E-state index in [4.69, 9.17) is 0 Å². The Morgan fingerprint density at radius 3 is 2.69 bits per heavy atom. The Bertz CT molecular complexity index is 1190. The lowest BCUT2D eigenvalue weighted by molar-refractivity contribution is -0.454. The maximum absolute atomic E-state index is 13.3. The Morgan fingerprint density at radius 1 is 1.21 bits per heavy atom. The minimum Gasteiger partial charge on any atom is -0.267 e. The third kappa shape index (κ3) is 3.59. The summed E-state index contributed by atoms with van der Waals surface area (Å²) in [5.74, 6) is 0. The molecule has 3 heterocycles. The van der Waals surface area contributed by atoms with Gasteiger partial charge in [-0.1, -0.05) is 23.9 Å². The molecular formula is C19H16F3N5OS+. The zero-order valence-corrected chi connectivity index (χ0v) is 16.3. The lowest BCUT2D eigenvalue weighted by Gasteiger charge is -2.13. The van der Waals surface area contributed by atoms with Crippen LogP contribution in [0.1, 0.15) is 23.3 Å². The summed E-state index contributed by atoms with van der Waals surface area (Å²) >= 11 is 1.50. The molecule has 149 valence electrons. The molecule has 0 spiro atoms. The minimum atomic E-state index is -4.55. The van der Waals surface area contributed by atoms with Crippen LogP contribution in [0.15, 0.2) is 63.8 Å². The summed E-state index contributed by atoms with van der Waals surface area (Å²) in [7, 11) is 1.84. The summed E-state index contributed by atoms with van der Waals surface area (Å²) in [4.78, 5) is 12.7. The number of benzene rings is 1. The van der Waals surface area contributed by atoms with Crippen LogP contribution in [0.4, 0.5) is 13.2 Å². The van der Waals surface area contributed by atoms with Gasteiger partial charge in [-0.3, -0.25) is 8.97 Å². The molecule has 10 heteroatoms. The number of halogens is 3. The molecule has 0 saturated carbocycles. The van der Waals surface area contributed by atoms with E-state index in [1.165, 1.54) is 34.8 Å². The molecule has 1 radical (unpaired) electrons. The van der Waals surface area contributed by atoms with Crippen LogP contribution < -0.4 is 5.69 Å². The normalized spacial score (nSPS) is 15.8. The average Bonchev–Trinajstić information content (AvgIpc) is 3.24. The van der Waals surface area contributed by atoms with Crippen LogP contribution in [0, 0.1) is 5.50 Å². The summed E-state index contributed by atoms with van der Waals surface area (Å²) in [6, 6.07) is 9.35. The SMILES string of the molecule is C[C@H](S[C]1N=NC=[N+]1C)c1cccc(-n2cc3c(C(F)(F)F)cccn3c2=O)c1. The average molecular weight is 419 g/mol. The highest BCUT2D eigenvalue weighted by atomic mass is 32.2. The Hall–Kier alpha value is -2.88. The third-order valence-corrected chi connectivity index (χ3v) is 5.78. The molecule has 1 aliphatic rings. The van der Waals surface area contributed by atoms with Crippen LogP contribution in [0.3, 0.4) is 0 Å². The Kier molecular flexibility index (Phi) is 4.81. The van der Waals surface area contributed by atoms with Gasteiger partial charge in [0, 0.05) is 17.6 Å². The minimum absolute atomic E-state index is 0.00341. The molecular weight excluding hydrogens is 403 g/mol. The second-order valence-corrected chi connectivity index (χ2v) is 7.84. The van der Waals surface area contributed by atoms with Crippen molar-refractivity contribution in [2.45, 2.75) is 18.3 Å². The molecule has 1 aromatic carbocycles. The van der Waals surface area contributed by atoms with Crippen molar-refractivity contribution in [2.75, 3.05) is 7.05 Å². The number of rotatable bonds is 4.